The quantitative estimate of drug-likeness (QED) is 0.785. The number of carbonyl (C=O) groups is 1. The molecule has 5 heteroatoms. The number of amides is 2. The minimum absolute atomic E-state index is 0.125. The lowest BCUT2D eigenvalue weighted by Crippen LogP contribution is -2.42. The monoisotopic (exact) mass is 328 g/mol. The first-order valence-electron chi connectivity index (χ1n) is 8.20. The van der Waals surface area contributed by atoms with E-state index in [0.29, 0.717) is 12.5 Å². The van der Waals surface area contributed by atoms with Gasteiger partial charge >= 0.3 is 6.03 Å². The molecule has 2 N–H and O–H groups in total. The van der Waals surface area contributed by atoms with E-state index in [9.17, 15) is 9.18 Å². The van der Waals surface area contributed by atoms with Gasteiger partial charge in [0.1, 0.15) is 5.82 Å². The Hall–Kier alpha value is -2.40. The molecule has 2 aromatic rings. The summed E-state index contributed by atoms with van der Waals surface area (Å²) in [6.07, 6.45) is 3.29. The van der Waals surface area contributed by atoms with E-state index in [1.165, 1.54) is 12.1 Å². The highest BCUT2D eigenvalue weighted by atomic mass is 19.1. The lowest BCUT2D eigenvalue weighted by Gasteiger charge is -2.34. The van der Waals surface area contributed by atoms with Crippen molar-refractivity contribution in [2.75, 3.05) is 0 Å². The molecular formula is C19H21FN2O2. The number of carbonyl (C=O) groups excluding carboxylic acids is 1. The Bertz CT molecular complexity index is 657. The number of hydroxylamine groups is 1. The van der Waals surface area contributed by atoms with Gasteiger partial charge in [0, 0.05) is 0 Å². The molecular weight excluding hydrogens is 307 g/mol. The van der Waals surface area contributed by atoms with Crippen LogP contribution >= 0.6 is 0 Å². The molecule has 2 aromatic carbocycles. The second-order valence-electron chi connectivity index (χ2n) is 6.07. The second-order valence-corrected chi connectivity index (χ2v) is 6.07. The predicted molar refractivity (Wildman–Crippen MR) is 89.4 cm³/mol. The fourth-order valence-electron chi connectivity index (χ4n) is 2.85. The molecule has 0 spiro atoms. The molecule has 1 saturated carbocycles. The van der Waals surface area contributed by atoms with E-state index in [4.69, 9.17) is 4.84 Å². The molecule has 1 atom stereocenters. The van der Waals surface area contributed by atoms with Crippen molar-refractivity contribution < 1.29 is 14.0 Å². The van der Waals surface area contributed by atoms with Crippen molar-refractivity contribution in [1.82, 2.24) is 10.8 Å². The molecule has 3 rings (SSSR count). The van der Waals surface area contributed by atoms with Crippen molar-refractivity contribution in [3.05, 3.63) is 71.5 Å². The minimum atomic E-state index is -0.382. The molecule has 1 unspecified atom stereocenters. The first-order valence-corrected chi connectivity index (χ1v) is 8.20. The van der Waals surface area contributed by atoms with Crippen molar-refractivity contribution in [2.45, 2.75) is 31.9 Å². The molecule has 24 heavy (non-hydrogen) atoms. The first kappa shape index (κ1) is 16.5. The molecule has 0 heterocycles. The van der Waals surface area contributed by atoms with Gasteiger partial charge in [-0.25, -0.2) is 14.7 Å². The van der Waals surface area contributed by atoms with Gasteiger partial charge in [0.05, 0.1) is 12.6 Å². The Morgan fingerprint density at radius 3 is 2.46 bits per heavy atom. The molecule has 1 aliphatic carbocycles. The SMILES string of the molecule is O=C(NOCc1ccccc1)NC(c1ccc(F)cc1)C1CCC1. The molecule has 0 bridgehead atoms. The van der Waals surface area contributed by atoms with Crippen LogP contribution in [0.4, 0.5) is 9.18 Å². The number of urea groups is 1. The fourth-order valence-corrected chi connectivity index (χ4v) is 2.85. The minimum Gasteiger partial charge on any atom is -0.329 e. The molecule has 0 aliphatic heterocycles. The van der Waals surface area contributed by atoms with E-state index >= 15 is 0 Å². The molecule has 0 saturated heterocycles. The summed E-state index contributed by atoms with van der Waals surface area (Å²) in [6.45, 7) is 0.304. The zero-order valence-electron chi connectivity index (χ0n) is 13.4. The summed E-state index contributed by atoms with van der Waals surface area (Å²) in [5, 5.41) is 2.94. The van der Waals surface area contributed by atoms with Crippen molar-refractivity contribution in [3.63, 3.8) is 0 Å². The smallest absolute Gasteiger partial charge is 0.329 e. The van der Waals surface area contributed by atoms with Crippen LogP contribution in [0.15, 0.2) is 54.6 Å². The fraction of sp³-hybridized carbons (Fsp3) is 0.316. The Balaban J connectivity index is 1.54. The van der Waals surface area contributed by atoms with Crippen LogP contribution in [0.5, 0.6) is 0 Å². The molecule has 0 radical (unpaired) electrons. The normalized spacial score (nSPS) is 15.4. The van der Waals surface area contributed by atoms with Gasteiger partial charge in [0.25, 0.3) is 0 Å². The number of hydrogen-bond donors (Lipinski definition) is 2. The number of hydrogen-bond acceptors (Lipinski definition) is 2. The van der Waals surface area contributed by atoms with Gasteiger partial charge in [-0.2, -0.15) is 0 Å². The van der Waals surface area contributed by atoms with Crippen LogP contribution in [-0.4, -0.2) is 6.03 Å². The van der Waals surface area contributed by atoms with Gasteiger partial charge in [0.15, 0.2) is 0 Å². The lowest BCUT2D eigenvalue weighted by molar-refractivity contribution is 0.0464. The first-order chi connectivity index (χ1) is 11.7. The van der Waals surface area contributed by atoms with E-state index in [-0.39, 0.29) is 17.9 Å². The summed E-state index contributed by atoms with van der Waals surface area (Å²) in [6, 6.07) is 15.4. The molecule has 1 aliphatic rings. The molecule has 2 amide bonds. The highest BCUT2D eigenvalue weighted by Crippen LogP contribution is 2.37. The molecule has 0 aromatic heterocycles. The van der Waals surface area contributed by atoms with Crippen LogP contribution < -0.4 is 10.8 Å². The summed E-state index contributed by atoms with van der Waals surface area (Å²) in [4.78, 5) is 17.4. The maximum absolute atomic E-state index is 13.1. The zero-order valence-corrected chi connectivity index (χ0v) is 13.4. The van der Waals surface area contributed by atoms with Crippen molar-refractivity contribution in [1.29, 1.82) is 0 Å². The highest BCUT2D eigenvalue weighted by molar-refractivity contribution is 5.73. The largest absolute Gasteiger partial charge is 0.339 e. The van der Waals surface area contributed by atoms with Gasteiger partial charge in [0.2, 0.25) is 0 Å². The van der Waals surface area contributed by atoms with Crippen LogP contribution in [0.3, 0.4) is 0 Å². The average molecular weight is 328 g/mol. The van der Waals surface area contributed by atoms with Crippen LogP contribution in [0, 0.1) is 11.7 Å². The van der Waals surface area contributed by atoms with E-state index < -0.39 is 0 Å². The van der Waals surface area contributed by atoms with Gasteiger partial charge in [-0.05, 0) is 42.0 Å². The second kappa shape index (κ2) is 7.93. The lowest BCUT2D eigenvalue weighted by atomic mass is 9.77. The van der Waals surface area contributed by atoms with Crippen LogP contribution in [0.25, 0.3) is 0 Å². The van der Waals surface area contributed by atoms with Gasteiger partial charge in [-0.1, -0.05) is 48.9 Å². The average Bonchev–Trinajstić information content (AvgIpc) is 2.54. The topological polar surface area (TPSA) is 50.4 Å². The van der Waals surface area contributed by atoms with E-state index in [0.717, 1.165) is 30.4 Å². The van der Waals surface area contributed by atoms with Crippen molar-refractivity contribution in [2.24, 2.45) is 5.92 Å². The van der Waals surface area contributed by atoms with E-state index in [1.54, 1.807) is 12.1 Å². The third kappa shape index (κ3) is 4.32. The summed E-state index contributed by atoms with van der Waals surface area (Å²) in [7, 11) is 0. The molecule has 1 fully saturated rings. The summed E-state index contributed by atoms with van der Waals surface area (Å²) in [5.74, 6) is 0.108. The van der Waals surface area contributed by atoms with E-state index in [2.05, 4.69) is 10.8 Å². The summed E-state index contributed by atoms with van der Waals surface area (Å²) < 4.78 is 13.1. The summed E-state index contributed by atoms with van der Waals surface area (Å²) >= 11 is 0. The van der Waals surface area contributed by atoms with Crippen LogP contribution in [0.1, 0.15) is 36.4 Å². The third-order valence-electron chi connectivity index (χ3n) is 4.38. The Morgan fingerprint density at radius 1 is 1.12 bits per heavy atom. The maximum atomic E-state index is 13.1. The van der Waals surface area contributed by atoms with Crippen LogP contribution in [0.2, 0.25) is 0 Å². The Kier molecular flexibility index (Phi) is 5.43. The third-order valence-corrected chi connectivity index (χ3v) is 4.38. The van der Waals surface area contributed by atoms with Gasteiger partial charge in [-0.15, -0.1) is 0 Å². The maximum Gasteiger partial charge on any atom is 0.339 e. The Labute approximate surface area is 141 Å². The number of benzene rings is 2. The predicted octanol–water partition coefficient (Wildman–Crippen LogP) is 4.10. The standard InChI is InChI=1S/C19H21FN2O2/c20-17-11-9-16(10-12-17)18(15-7-4-8-15)21-19(23)22-24-13-14-5-2-1-3-6-14/h1-3,5-6,9-12,15,18H,4,7-8,13H2,(H2,21,22,23). The number of halogens is 1. The van der Waals surface area contributed by atoms with E-state index in [1.807, 2.05) is 30.3 Å². The number of nitrogens with one attached hydrogen (secondary N) is 2. The molecule has 126 valence electrons. The zero-order chi connectivity index (χ0) is 16.8. The number of rotatable bonds is 6. The van der Waals surface area contributed by atoms with Crippen molar-refractivity contribution >= 4 is 6.03 Å². The van der Waals surface area contributed by atoms with Gasteiger partial charge < -0.3 is 5.32 Å². The van der Waals surface area contributed by atoms with Crippen molar-refractivity contribution in [3.8, 4) is 0 Å². The van der Waals surface area contributed by atoms with Crippen LogP contribution in [-0.2, 0) is 11.4 Å². The van der Waals surface area contributed by atoms with Gasteiger partial charge in [-0.3, -0.25) is 4.84 Å². The summed E-state index contributed by atoms with van der Waals surface area (Å²) in [5.41, 5.74) is 4.32. The Morgan fingerprint density at radius 2 is 1.83 bits per heavy atom. The molecule has 4 nitrogen and oxygen atoms in total. The highest BCUT2D eigenvalue weighted by Gasteiger charge is 2.29.